The Morgan fingerprint density at radius 3 is 2.84 bits per heavy atom. The summed E-state index contributed by atoms with van der Waals surface area (Å²) >= 11 is 0. The van der Waals surface area contributed by atoms with Crippen LogP contribution in [0.4, 0.5) is 8.78 Å². The Morgan fingerprint density at radius 1 is 1.22 bits per heavy atom. The molecular weight excluding hydrogens is 410 g/mol. The molecule has 5 nitrogen and oxygen atoms in total. The predicted octanol–water partition coefficient (Wildman–Crippen LogP) is 3.97. The standard InChI is InChI=1S/C25H24F2N4O/c1-2-7-30-8-6-22-20(14-30)24(16-5-3-4-15(9-16)13-28)29-31(22)25-19-10-17(26)11-21(27)18(19)12-23(25)32/h3-5,9-11,23,25,32H,2,6-8,12,14H2,1H3/t23-,25-/m1/s1. The highest BCUT2D eigenvalue weighted by Crippen LogP contribution is 2.40. The zero-order chi connectivity index (χ0) is 22.4. The molecule has 2 aliphatic rings. The van der Waals surface area contributed by atoms with E-state index in [1.54, 1.807) is 10.7 Å². The second-order valence-electron chi connectivity index (χ2n) is 8.61. The summed E-state index contributed by atoms with van der Waals surface area (Å²) in [5.41, 5.74) is 4.97. The van der Waals surface area contributed by atoms with E-state index < -0.39 is 23.8 Å². The van der Waals surface area contributed by atoms with E-state index in [0.717, 1.165) is 54.5 Å². The van der Waals surface area contributed by atoms with Crippen molar-refractivity contribution in [2.45, 2.75) is 44.9 Å². The molecule has 0 fully saturated rings. The first kappa shape index (κ1) is 20.8. The maximum absolute atomic E-state index is 14.4. The van der Waals surface area contributed by atoms with Crippen molar-refractivity contribution in [3.05, 3.63) is 76.0 Å². The fourth-order valence-electron chi connectivity index (χ4n) is 5.13. The third-order valence-electron chi connectivity index (χ3n) is 6.52. The van der Waals surface area contributed by atoms with Crippen LogP contribution in [0.15, 0.2) is 36.4 Å². The highest BCUT2D eigenvalue weighted by Gasteiger charge is 2.39. The van der Waals surface area contributed by atoms with Gasteiger partial charge in [0.1, 0.15) is 17.7 Å². The number of nitriles is 1. The zero-order valence-electron chi connectivity index (χ0n) is 17.9. The molecule has 3 aromatic rings. The molecule has 0 unspecified atom stereocenters. The van der Waals surface area contributed by atoms with Crippen LogP contribution >= 0.6 is 0 Å². The lowest BCUT2D eigenvalue weighted by atomic mass is 9.99. The molecule has 1 aromatic heterocycles. The zero-order valence-corrected chi connectivity index (χ0v) is 17.9. The average molecular weight is 434 g/mol. The first-order valence-corrected chi connectivity index (χ1v) is 11.0. The van der Waals surface area contributed by atoms with E-state index in [9.17, 15) is 19.1 Å². The molecule has 2 aromatic carbocycles. The van der Waals surface area contributed by atoms with Gasteiger partial charge in [-0.3, -0.25) is 9.58 Å². The lowest BCUT2D eigenvalue weighted by Gasteiger charge is -2.28. The molecule has 2 atom stereocenters. The number of rotatable bonds is 4. The van der Waals surface area contributed by atoms with Gasteiger partial charge in [0.15, 0.2) is 0 Å². The van der Waals surface area contributed by atoms with E-state index >= 15 is 0 Å². The SMILES string of the molecule is CCCN1CCc2c(c(-c3cccc(C#N)c3)nn2[C@@H]2c3cc(F)cc(F)c3C[C@H]2O)C1. The Kier molecular flexibility index (Phi) is 5.28. The fourth-order valence-corrected chi connectivity index (χ4v) is 5.13. The number of nitrogens with zero attached hydrogens (tertiary/aromatic N) is 4. The van der Waals surface area contributed by atoms with Crippen molar-refractivity contribution in [3.63, 3.8) is 0 Å². The Labute approximate surface area is 185 Å². The highest BCUT2D eigenvalue weighted by molar-refractivity contribution is 5.66. The van der Waals surface area contributed by atoms with Crippen molar-refractivity contribution < 1.29 is 13.9 Å². The number of aliphatic hydroxyl groups excluding tert-OH is 1. The number of aliphatic hydroxyl groups is 1. The molecule has 32 heavy (non-hydrogen) atoms. The molecule has 0 amide bonds. The van der Waals surface area contributed by atoms with Gasteiger partial charge in [-0.15, -0.1) is 0 Å². The number of benzene rings is 2. The van der Waals surface area contributed by atoms with Gasteiger partial charge in [-0.25, -0.2) is 8.78 Å². The van der Waals surface area contributed by atoms with E-state index in [4.69, 9.17) is 5.10 Å². The number of aromatic nitrogens is 2. The van der Waals surface area contributed by atoms with Crippen LogP contribution in [0.2, 0.25) is 0 Å². The molecule has 7 heteroatoms. The molecule has 0 saturated heterocycles. The lowest BCUT2D eigenvalue weighted by molar-refractivity contribution is 0.135. The summed E-state index contributed by atoms with van der Waals surface area (Å²) in [5, 5.41) is 25.1. The molecule has 0 radical (unpaired) electrons. The average Bonchev–Trinajstić information content (AvgIpc) is 3.31. The number of hydrogen-bond acceptors (Lipinski definition) is 4. The van der Waals surface area contributed by atoms with Gasteiger partial charge in [0.25, 0.3) is 0 Å². The van der Waals surface area contributed by atoms with E-state index in [1.807, 2.05) is 18.2 Å². The molecule has 1 N–H and O–H groups in total. The van der Waals surface area contributed by atoms with Gasteiger partial charge in [-0.2, -0.15) is 10.4 Å². The first-order valence-electron chi connectivity index (χ1n) is 11.0. The molecular formula is C25H24F2N4O. The normalized spacial score (nSPS) is 20.1. The Bertz CT molecular complexity index is 1230. The fraction of sp³-hybridized carbons (Fsp3) is 0.360. The van der Waals surface area contributed by atoms with Crippen molar-refractivity contribution in [1.82, 2.24) is 14.7 Å². The van der Waals surface area contributed by atoms with Gasteiger partial charge in [-0.1, -0.05) is 19.1 Å². The summed E-state index contributed by atoms with van der Waals surface area (Å²) < 4.78 is 30.3. The van der Waals surface area contributed by atoms with Crippen LogP contribution in [0.25, 0.3) is 11.3 Å². The third kappa shape index (κ3) is 3.40. The molecule has 1 aliphatic carbocycles. The largest absolute Gasteiger partial charge is 0.390 e. The Morgan fingerprint density at radius 2 is 2.06 bits per heavy atom. The van der Waals surface area contributed by atoms with E-state index in [0.29, 0.717) is 23.2 Å². The van der Waals surface area contributed by atoms with Gasteiger partial charge >= 0.3 is 0 Å². The van der Waals surface area contributed by atoms with E-state index in [2.05, 4.69) is 17.9 Å². The minimum atomic E-state index is -0.891. The van der Waals surface area contributed by atoms with E-state index in [1.165, 1.54) is 6.07 Å². The quantitative estimate of drug-likeness (QED) is 0.675. The van der Waals surface area contributed by atoms with Gasteiger partial charge in [0.2, 0.25) is 0 Å². The summed E-state index contributed by atoms with van der Waals surface area (Å²) in [7, 11) is 0. The maximum atomic E-state index is 14.4. The summed E-state index contributed by atoms with van der Waals surface area (Å²) in [6.45, 7) is 4.68. The van der Waals surface area contributed by atoms with E-state index in [-0.39, 0.29) is 6.42 Å². The highest BCUT2D eigenvalue weighted by atomic mass is 19.1. The van der Waals surface area contributed by atoms with Crippen molar-refractivity contribution in [3.8, 4) is 17.3 Å². The number of halogens is 2. The van der Waals surface area contributed by atoms with Crippen LogP contribution in [-0.2, 0) is 19.4 Å². The van der Waals surface area contributed by atoms with Crippen LogP contribution in [-0.4, -0.2) is 39.0 Å². The molecule has 0 saturated carbocycles. The van der Waals surface area contributed by atoms with Gasteiger partial charge in [0, 0.05) is 48.8 Å². The monoisotopic (exact) mass is 434 g/mol. The minimum Gasteiger partial charge on any atom is -0.390 e. The Balaban J connectivity index is 1.68. The minimum absolute atomic E-state index is 0.127. The van der Waals surface area contributed by atoms with Crippen molar-refractivity contribution >= 4 is 0 Å². The third-order valence-corrected chi connectivity index (χ3v) is 6.52. The van der Waals surface area contributed by atoms with Gasteiger partial charge in [0.05, 0.1) is 23.4 Å². The van der Waals surface area contributed by atoms with Gasteiger partial charge in [-0.05, 0) is 42.3 Å². The van der Waals surface area contributed by atoms with Crippen molar-refractivity contribution in [1.29, 1.82) is 5.26 Å². The molecule has 164 valence electrons. The maximum Gasteiger partial charge on any atom is 0.129 e. The van der Waals surface area contributed by atoms with Crippen LogP contribution in [0, 0.1) is 23.0 Å². The predicted molar refractivity (Wildman–Crippen MR) is 116 cm³/mol. The Hall–Kier alpha value is -3.08. The first-order chi connectivity index (χ1) is 15.5. The second kappa shape index (κ2) is 8.12. The van der Waals surface area contributed by atoms with Crippen molar-refractivity contribution in [2.24, 2.45) is 0 Å². The smallest absolute Gasteiger partial charge is 0.129 e. The molecule has 5 rings (SSSR count). The molecule has 1 aliphatic heterocycles. The van der Waals surface area contributed by atoms with Crippen LogP contribution in [0.3, 0.4) is 0 Å². The van der Waals surface area contributed by atoms with Crippen LogP contribution < -0.4 is 0 Å². The summed E-state index contributed by atoms with van der Waals surface area (Å²) in [5.74, 6) is -1.28. The summed E-state index contributed by atoms with van der Waals surface area (Å²) in [4.78, 5) is 2.37. The number of hydrogen-bond donors (Lipinski definition) is 1. The lowest BCUT2D eigenvalue weighted by Crippen LogP contribution is -2.33. The van der Waals surface area contributed by atoms with Crippen LogP contribution in [0.5, 0.6) is 0 Å². The molecule has 2 heterocycles. The number of fused-ring (bicyclic) bond motifs is 2. The summed E-state index contributed by atoms with van der Waals surface area (Å²) in [6, 6.07) is 11.0. The van der Waals surface area contributed by atoms with Crippen molar-refractivity contribution in [2.75, 3.05) is 13.1 Å². The van der Waals surface area contributed by atoms with Gasteiger partial charge < -0.3 is 5.11 Å². The molecule has 0 bridgehead atoms. The topological polar surface area (TPSA) is 65.1 Å². The van der Waals surface area contributed by atoms with Crippen LogP contribution in [0.1, 0.15) is 47.3 Å². The second-order valence-corrected chi connectivity index (χ2v) is 8.61. The summed E-state index contributed by atoms with van der Waals surface area (Å²) in [6.07, 6.45) is 1.01. The molecule has 0 spiro atoms.